The first kappa shape index (κ1) is 19.4. The van der Waals surface area contributed by atoms with Gasteiger partial charge < -0.3 is 10.2 Å². The van der Waals surface area contributed by atoms with Gasteiger partial charge in [0.25, 0.3) is 0 Å². The first-order valence-corrected chi connectivity index (χ1v) is 10.0. The van der Waals surface area contributed by atoms with Crippen molar-refractivity contribution in [2.75, 3.05) is 19.6 Å². The average molecular weight is 361 g/mol. The van der Waals surface area contributed by atoms with E-state index in [0.717, 1.165) is 26.1 Å². The van der Waals surface area contributed by atoms with Crippen LogP contribution in [0.15, 0.2) is 73.0 Å². The number of nitrogens with zero attached hydrogens (tertiary/aromatic N) is 1. The summed E-state index contributed by atoms with van der Waals surface area (Å²) in [4.78, 5) is 2.43. The van der Waals surface area contributed by atoms with Gasteiger partial charge in [-0.3, -0.25) is 0 Å². The lowest BCUT2D eigenvalue weighted by Crippen LogP contribution is -2.38. The highest BCUT2D eigenvalue weighted by atomic mass is 15.1. The van der Waals surface area contributed by atoms with Crippen molar-refractivity contribution in [1.29, 1.82) is 0 Å². The third kappa shape index (κ3) is 5.11. The first-order valence-electron chi connectivity index (χ1n) is 10.0. The summed E-state index contributed by atoms with van der Waals surface area (Å²) in [5.41, 5.74) is 6.51. The fourth-order valence-electron chi connectivity index (χ4n) is 3.80. The lowest BCUT2D eigenvalue weighted by atomic mass is 9.89. The summed E-state index contributed by atoms with van der Waals surface area (Å²) in [6.45, 7) is 13.8. The Kier molecular flexibility index (Phi) is 6.52. The number of aryl methyl sites for hydroxylation is 2. The molecule has 2 aromatic rings. The number of likely N-dealkylation sites (N-methyl/N-ethyl adjacent to an activating group) is 1. The number of allylic oxidation sites excluding steroid dienone is 1. The van der Waals surface area contributed by atoms with Gasteiger partial charge in [0.05, 0.1) is 0 Å². The van der Waals surface area contributed by atoms with Crippen LogP contribution in [0.5, 0.6) is 0 Å². The summed E-state index contributed by atoms with van der Waals surface area (Å²) in [5.74, 6) is 0.441. The zero-order valence-corrected chi connectivity index (χ0v) is 16.9. The molecule has 27 heavy (non-hydrogen) atoms. The van der Waals surface area contributed by atoms with Crippen molar-refractivity contribution in [1.82, 2.24) is 10.2 Å². The largest absolute Gasteiger partial charge is 0.375 e. The first-order chi connectivity index (χ1) is 13.1. The van der Waals surface area contributed by atoms with E-state index >= 15 is 0 Å². The van der Waals surface area contributed by atoms with E-state index in [-0.39, 0.29) is 0 Å². The van der Waals surface area contributed by atoms with Gasteiger partial charge in [0, 0.05) is 43.7 Å². The number of benzene rings is 2. The maximum Gasteiger partial charge on any atom is 0.0403 e. The van der Waals surface area contributed by atoms with E-state index in [1.54, 1.807) is 0 Å². The molecule has 2 heteroatoms. The van der Waals surface area contributed by atoms with Crippen LogP contribution in [0.2, 0.25) is 0 Å². The molecule has 1 heterocycles. The highest BCUT2D eigenvalue weighted by Gasteiger charge is 2.25. The van der Waals surface area contributed by atoms with Crippen LogP contribution in [0.3, 0.4) is 0 Å². The van der Waals surface area contributed by atoms with E-state index < -0.39 is 0 Å². The minimum Gasteiger partial charge on any atom is -0.375 e. The molecule has 0 amide bonds. The number of hydrogen-bond donors (Lipinski definition) is 1. The van der Waals surface area contributed by atoms with Crippen LogP contribution in [0.25, 0.3) is 0 Å². The predicted molar refractivity (Wildman–Crippen MR) is 116 cm³/mol. The van der Waals surface area contributed by atoms with E-state index in [1.807, 2.05) is 0 Å². The van der Waals surface area contributed by atoms with Crippen LogP contribution >= 0.6 is 0 Å². The zero-order valence-electron chi connectivity index (χ0n) is 16.9. The molecule has 0 saturated carbocycles. The van der Waals surface area contributed by atoms with Crippen LogP contribution < -0.4 is 5.32 Å². The molecule has 142 valence electrons. The molecule has 0 spiro atoms. The van der Waals surface area contributed by atoms with Crippen molar-refractivity contribution in [3.8, 4) is 0 Å². The molecule has 0 aromatic heterocycles. The summed E-state index contributed by atoms with van der Waals surface area (Å²) in [6.07, 6.45) is 5.54. The highest BCUT2D eigenvalue weighted by molar-refractivity contribution is 5.28. The molecule has 2 unspecified atom stereocenters. The lowest BCUT2D eigenvalue weighted by Gasteiger charge is -2.35. The Morgan fingerprint density at radius 1 is 1.04 bits per heavy atom. The summed E-state index contributed by atoms with van der Waals surface area (Å²) >= 11 is 0. The fourth-order valence-corrected chi connectivity index (χ4v) is 3.80. The highest BCUT2D eigenvalue weighted by Crippen LogP contribution is 2.28. The summed E-state index contributed by atoms with van der Waals surface area (Å²) < 4.78 is 0. The van der Waals surface area contributed by atoms with Crippen LogP contribution in [0, 0.1) is 19.8 Å². The number of nitrogens with one attached hydrogen (secondary N) is 1. The van der Waals surface area contributed by atoms with Crippen LogP contribution in [-0.2, 0) is 6.42 Å². The van der Waals surface area contributed by atoms with Crippen molar-refractivity contribution >= 4 is 0 Å². The average Bonchev–Trinajstić information content (AvgIpc) is 2.69. The minimum absolute atomic E-state index is 0.358. The lowest BCUT2D eigenvalue weighted by molar-refractivity contribution is 0.275. The van der Waals surface area contributed by atoms with Crippen molar-refractivity contribution in [3.05, 3.63) is 95.2 Å². The minimum atomic E-state index is 0.358. The Bertz CT molecular complexity index is 771. The van der Waals surface area contributed by atoms with Gasteiger partial charge >= 0.3 is 0 Å². The SMILES string of the molecule is C=C(Cc1ccc(C)cc1)N(CC)CC1C=CCNC1c1ccc(C)cc1. The van der Waals surface area contributed by atoms with Crippen LogP contribution in [-0.4, -0.2) is 24.5 Å². The van der Waals surface area contributed by atoms with Crippen LogP contribution in [0.1, 0.15) is 35.2 Å². The molecule has 2 aromatic carbocycles. The molecule has 1 aliphatic heterocycles. The molecule has 3 rings (SSSR count). The van der Waals surface area contributed by atoms with Gasteiger partial charge in [0.1, 0.15) is 0 Å². The Labute approximate surface area is 164 Å². The molecule has 0 fully saturated rings. The molecule has 1 N–H and O–H groups in total. The zero-order chi connectivity index (χ0) is 19.2. The molecule has 1 aliphatic rings. The summed E-state index contributed by atoms with van der Waals surface area (Å²) in [6, 6.07) is 18.1. The van der Waals surface area contributed by atoms with E-state index in [9.17, 15) is 0 Å². The van der Waals surface area contributed by atoms with Gasteiger partial charge in [-0.15, -0.1) is 0 Å². The second kappa shape index (κ2) is 9.05. The van der Waals surface area contributed by atoms with E-state index in [2.05, 4.69) is 98.2 Å². The van der Waals surface area contributed by atoms with Crippen molar-refractivity contribution < 1.29 is 0 Å². The summed E-state index contributed by atoms with van der Waals surface area (Å²) in [7, 11) is 0. The molecule has 0 saturated heterocycles. The van der Waals surface area contributed by atoms with Crippen molar-refractivity contribution in [2.24, 2.45) is 5.92 Å². The monoisotopic (exact) mass is 360 g/mol. The van der Waals surface area contributed by atoms with Gasteiger partial charge in [-0.05, 0) is 31.9 Å². The fraction of sp³-hybridized carbons (Fsp3) is 0.360. The van der Waals surface area contributed by atoms with Crippen molar-refractivity contribution in [2.45, 2.75) is 33.2 Å². The van der Waals surface area contributed by atoms with Gasteiger partial charge in [0.15, 0.2) is 0 Å². The molecule has 0 aliphatic carbocycles. The van der Waals surface area contributed by atoms with Gasteiger partial charge in [-0.2, -0.15) is 0 Å². The standard InChI is InChI=1S/C25H32N2/c1-5-27(21(4)17-22-12-8-19(2)9-13-22)18-24-7-6-16-26-25(24)23-14-10-20(3)11-15-23/h6-15,24-26H,4-5,16-18H2,1-3H3. The number of rotatable bonds is 7. The third-order valence-electron chi connectivity index (χ3n) is 5.49. The third-order valence-corrected chi connectivity index (χ3v) is 5.49. The molecule has 2 nitrogen and oxygen atoms in total. The molecule has 2 atom stereocenters. The van der Waals surface area contributed by atoms with Crippen molar-refractivity contribution in [3.63, 3.8) is 0 Å². The quantitative estimate of drug-likeness (QED) is 0.683. The van der Waals surface area contributed by atoms with Gasteiger partial charge in [-0.25, -0.2) is 0 Å². The Balaban J connectivity index is 1.70. The molecular formula is C25H32N2. The van der Waals surface area contributed by atoms with Gasteiger partial charge in [-0.1, -0.05) is 78.4 Å². The molecule has 0 radical (unpaired) electrons. The maximum atomic E-state index is 4.40. The summed E-state index contributed by atoms with van der Waals surface area (Å²) in [5, 5.41) is 3.69. The second-order valence-corrected chi connectivity index (χ2v) is 7.66. The van der Waals surface area contributed by atoms with E-state index in [0.29, 0.717) is 12.0 Å². The second-order valence-electron chi connectivity index (χ2n) is 7.66. The maximum absolute atomic E-state index is 4.40. The Hall–Kier alpha value is -2.32. The number of hydrogen-bond acceptors (Lipinski definition) is 2. The smallest absolute Gasteiger partial charge is 0.0403 e. The normalized spacial score (nSPS) is 19.1. The molecule has 0 bridgehead atoms. The van der Waals surface area contributed by atoms with E-state index in [1.165, 1.54) is 28.0 Å². The van der Waals surface area contributed by atoms with Gasteiger partial charge in [0.2, 0.25) is 0 Å². The van der Waals surface area contributed by atoms with Crippen LogP contribution in [0.4, 0.5) is 0 Å². The molecular weight excluding hydrogens is 328 g/mol. The Morgan fingerprint density at radius 2 is 1.67 bits per heavy atom. The topological polar surface area (TPSA) is 15.3 Å². The Morgan fingerprint density at radius 3 is 2.30 bits per heavy atom. The predicted octanol–water partition coefficient (Wildman–Crippen LogP) is 5.20. The van der Waals surface area contributed by atoms with E-state index in [4.69, 9.17) is 0 Å².